The summed E-state index contributed by atoms with van der Waals surface area (Å²) in [6.07, 6.45) is -10.4. The topological polar surface area (TPSA) is 58.2 Å². The van der Waals surface area contributed by atoms with Crippen molar-refractivity contribution in [3.8, 4) is 0 Å². The monoisotopic (exact) mass is 256 g/mol. The number of rotatable bonds is 2. The molecule has 4 nitrogen and oxygen atoms in total. The number of hydrogen-bond donors (Lipinski definition) is 2. The highest BCUT2D eigenvalue weighted by Gasteiger charge is 2.40. The van der Waals surface area contributed by atoms with E-state index in [0.717, 1.165) is 10.2 Å². The van der Waals surface area contributed by atoms with Gasteiger partial charge in [-0.3, -0.25) is 9.59 Å². The molecule has 0 heterocycles. The molecule has 0 radical (unpaired) electrons. The Labute approximate surface area is 80.3 Å². The second-order valence-corrected chi connectivity index (χ2v) is 2.78. The largest absolute Gasteiger partial charge is 0.471 e. The summed E-state index contributed by atoms with van der Waals surface area (Å²) in [5.74, 6) is -4.85. The van der Waals surface area contributed by atoms with Crippen molar-refractivity contribution in [3.05, 3.63) is 0 Å². The van der Waals surface area contributed by atoms with Crippen LogP contribution in [0, 0.1) is 0 Å². The molecule has 11 heteroatoms. The highest BCUT2D eigenvalue weighted by molar-refractivity contribution is 7.35. The average Bonchev–Trinajstić information content (AvgIpc) is 2.00. The third-order valence-electron chi connectivity index (χ3n) is 0.867. The minimum atomic E-state index is -5.20. The van der Waals surface area contributed by atoms with Gasteiger partial charge in [-0.2, -0.15) is 26.3 Å². The molecule has 0 atom stereocenters. The van der Waals surface area contributed by atoms with Gasteiger partial charge in [-0.05, 0) is 0 Å². The van der Waals surface area contributed by atoms with Crippen LogP contribution in [0.5, 0.6) is 0 Å². The predicted octanol–water partition coefficient (Wildman–Crippen LogP) is 0.852. The summed E-state index contributed by atoms with van der Waals surface area (Å²) < 4.78 is 68.8. The van der Waals surface area contributed by atoms with E-state index in [-0.39, 0.29) is 0 Å². The molecule has 0 aliphatic heterocycles. The molecule has 0 rings (SSSR count). The fourth-order valence-corrected chi connectivity index (χ4v) is 0.860. The van der Waals surface area contributed by atoms with E-state index in [0.29, 0.717) is 0 Å². The van der Waals surface area contributed by atoms with Crippen molar-refractivity contribution in [2.24, 2.45) is 0 Å². The quantitative estimate of drug-likeness (QED) is 0.568. The van der Waals surface area contributed by atoms with E-state index < -0.39 is 33.0 Å². The molecular formula is C4H3F6N2O2P. The summed E-state index contributed by atoms with van der Waals surface area (Å²) in [5, 5.41) is 2.12. The third kappa shape index (κ3) is 5.40. The van der Waals surface area contributed by atoms with Crippen LogP contribution in [-0.4, -0.2) is 24.2 Å². The van der Waals surface area contributed by atoms with Crippen molar-refractivity contribution < 1.29 is 35.9 Å². The van der Waals surface area contributed by atoms with Gasteiger partial charge >= 0.3 is 24.2 Å². The van der Waals surface area contributed by atoms with Crippen LogP contribution in [0.2, 0.25) is 0 Å². The van der Waals surface area contributed by atoms with Crippen LogP contribution in [0.25, 0.3) is 0 Å². The molecule has 0 fully saturated rings. The van der Waals surface area contributed by atoms with Crippen molar-refractivity contribution in [1.29, 1.82) is 0 Å². The Balaban J connectivity index is 3.92. The first-order chi connectivity index (χ1) is 6.55. The lowest BCUT2D eigenvalue weighted by molar-refractivity contribution is -0.172. The fourth-order valence-electron chi connectivity index (χ4n) is 0.287. The summed E-state index contributed by atoms with van der Waals surface area (Å²) in [6.45, 7) is 0. The molecule has 0 saturated heterocycles. The average molecular weight is 256 g/mol. The van der Waals surface area contributed by atoms with Gasteiger partial charge < -0.3 is 10.2 Å². The molecular weight excluding hydrogens is 253 g/mol. The van der Waals surface area contributed by atoms with Gasteiger partial charge in [-0.1, -0.05) is 0 Å². The number of alkyl halides is 6. The molecule has 0 aromatic rings. The van der Waals surface area contributed by atoms with E-state index in [2.05, 4.69) is 0 Å². The first kappa shape index (κ1) is 13.9. The van der Waals surface area contributed by atoms with Crippen LogP contribution in [0.4, 0.5) is 26.3 Å². The van der Waals surface area contributed by atoms with Crippen LogP contribution in [0.3, 0.4) is 0 Å². The number of amides is 2. The van der Waals surface area contributed by atoms with Gasteiger partial charge in [0.1, 0.15) is 0 Å². The maximum atomic E-state index is 11.5. The number of nitrogens with one attached hydrogen (secondary N) is 2. The summed E-state index contributed by atoms with van der Waals surface area (Å²) in [7, 11) is -1.50. The highest BCUT2D eigenvalue weighted by Crippen LogP contribution is 2.18. The fraction of sp³-hybridized carbons (Fsp3) is 0.500. The molecule has 0 bridgehead atoms. The lowest BCUT2D eigenvalue weighted by atomic mass is 10.6. The lowest BCUT2D eigenvalue weighted by Gasteiger charge is -2.09. The zero-order valence-electron chi connectivity index (χ0n) is 6.58. The first-order valence-electron chi connectivity index (χ1n) is 3.04. The van der Waals surface area contributed by atoms with Crippen LogP contribution in [0.15, 0.2) is 0 Å². The second kappa shape index (κ2) is 4.65. The van der Waals surface area contributed by atoms with Gasteiger partial charge in [0.25, 0.3) is 0 Å². The molecule has 0 aromatic carbocycles. The second-order valence-electron chi connectivity index (χ2n) is 2.03. The smallest absolute Gasteiger partial charge is 0.313 e. The number of hydrogen-bond acceptors (Lipinski definition) is 2. The van der Waals surface area contributed by atoms with E-state index in [4.69, 9.17) is 0 Å². The molecule has 0 spiro atoms. The number of halogens is 6. The predicted molar refractivity (Wildman–Crippen MR) is 36.7 cm³/mol. The third-order valence-corrected chi connectivity index (χ3v) is 1.57. The summed E-state index contributed by atoms with van der Waals surface area (Å²) in [4.78, 5) is 20.1. The summed E-state index contributed by atoms with van der Waals surface area (Å²) in [6, 6.07) is 0. The maximum absolute atomic E-state index is 11.5. The normalized spacial score (nSPS) is 12.1. The van der Waals surface area contributed by atoms with E-state index in [9.17, 15) is 35.9 Å². The molecule has 15 heavy (non-hydrogen) atoms. The van der Waals surface area contributed by atoms with Crippen molar-refractivity contribution in [1.82, 2.24) is 10.2 Å². The van der Waals surface area contributed by atoms with Crippen LogP contribution in [0.1, 0.15) is 0 Å². The lowest BCUT2D eigenvalue weighted by Crippen LogP contribution is -2.37. The minimum Gasteiger partial charge on any atom is -0.313 e. The van der Waals surface area contributed by atoms with Crippen molar-refractivity contribution >= 4 is 20.7 Å². The maximum Gasteiger partial charge on any atom is 0.471 e. The number of carbonyl (C=O) groups is 2. The Bertz CT molecular complexity index is 235. The highest BCUT2D eigenvalue weighted by atomic mass is 31.1. The Morgan fingerprint density at radius 2 is 1.07 bits per heavy atom. The molecule has 0 aliphatic carbocycles. The van der Waals surface area contributed by atoms with E-state index >= 15 is 0 Å². The van der Waals surface area contributed by atoms with Gasteiger partial charge in [0.05, 0.1) is 8.88 Å². The van der Waals surface area contributed by atoms with Crippen LogP contribution >= 0.6 is 8.88 Å². The molecule has 2 N–H and O–H groups in total. The van der Waals surface area contributed by atoms with Crippen molar-refractivity contribution in [2.75, 3.05) is 0 Å². The summed E-state index contributed by atoms with van der Waals surface area (Å²) in [5.41, 5.74) is 0. The van der Waals surface area contributed by atoms with Crippen molar-refractivity contribution in [3.63, 3.8) is 0 Å². The number of carbonyl (C=O) groups excluding carboxylic acids is 2. The Morgan fingerprint density at radius 1 is 0.800 bits per heavy atom. The Kier molecular flexibility index (Phi) is 4.32. The molecule has 0 saturated carbocycles. The van der Waals surface area contributed by atoms with Gasteiger partial charge in [-0.25, -0.2) is 0 Å². The van der Waals surface area contributed by atoms with Gasteiger partial charge in [0, 0.05) is 0 Å². The van der Waals surface area contributed by atoms with Crippen LogP contribution < -0.4 is 10.2 Å². The van der Waals surface area contributed by atoms with Gasteiger partial charge in [0.2, 0.25) is 0 Å². The van der Waals surface area contributed by atoms with E-state index in [1.807, 2.05) is 0 Å². The Morgan fingerprint density at radius 3 is 1.27 bits per heavy atom. The van der Waals surface area contributed by atoms with Gasteiger partial charge in [-0.15, -0.1) is 0 Å². The molecule has 0 aromatic heterocycles. The minimum absolute atomic E-state index is 1.06. The zero-order chi connectivity index (χ0) is 12.3. The first-order valence-corrected chi connectivity index (χ1v) is 4.04. The molecule has 0 aliphatic rings. The molecule has 0 unspecified atom stereocenters. The van der Waals surface area contributed by atoms with E-state index in [1.54, 1.807) is 0 Å². The van der Waals surface area contributed by atoms with Crippen LogP contribution in [-0.2, 0) is 9.59 Å². The van der Waals surface area contributed by atoms with E-state index in [1.165, 1.54) is 0 Å². The SMILES string of the molecule is O=C(NPNC(=O)C(F)(F)F)C(F)(F)F. The van der Waals surface area contributed by atoms with Crippen molar-refractivity contribution in [2.45, 2.75) is 12.4 Å². The molecule has 88 valence electrons. The molecule has 2 amide bonds. The summed E-state index contributed by atoms with van der Waals surface area (Å²) >= 11 is 0. The standard InChI is InChI=1S/C4H3F6N2O2P/c5-3(6,7)1(13)11-15-12-2(14)4(8,9)10/h15H,(H,11,13)(H,12,14). The Hall–Kier alpha value is -1.05. The van der Waals surface area contributed by atoms with Gasteiger partial charge in [0.15, 0.2) is 0 Å². The zero-order valence-corrected chi connectivity index (χ0v) is 7.58.